The summed E-state index contributed by atoms with van der Waals surface area (Å²) in [6.07, 6.45) is 1.88. The number of hydrogen-bond acceptors (Lipinski definition) is 4. The Labute approximate surface area is 105 Å². The number of rotatable bonds is 5. The molecule has 0 fully saturated rings. The third-order valence-corrected chi connectivity index (χ3v) is 3.49. The molecule has 3 nitrogen and oxygen atoms in total. The molecule has 0 spiro atoms. The molecule has 0 amide bonds. The van der Waals surface area contributed by atoms with Crippen molar-refractivity contribution in [3.8, 4) is 0 Å². The second-order valence-electron chi connectivity index (χ2n) is 3.87. The molecule has 0 aliphatic carbocycles. The van der Waals surface area contributed by atoms with E-state index in [1.54, 1.807) is 11.3 Å². The first-order chi connectivity index (χ1) is 8.29. The van der Waals surface area contributed by atoms with Gasteiger partial charge >= 0.3 is 0 Å². The summed E-state index contributed by atoms with van der Waals surface area (Å²) >= 11 is 1.68. The van der Waals surface area contributed by atoms with Gasteiger partial charge in [0.2, 0.25) is 0 Å². The van der Waals surface area contributed by atoms with Gasteiger partial charge in [0.05, 0.1) is 17.7 Å². The molecule has 1 aromatic heterocycles. The van der Waals surface area contributed by atoms with Crippen LogP contribution in [0, 0.1) is 6.92 Å². The molecule has 0 unspecified atom stereocenters. The van der Waals surface area contributed by atoms with Crippen LogP contribution in [0.3, 0.4) is 0 Å². The summed E-state index contributed by atoms with van der Waals surface area (Å²) in [4.78, 5) is 5.40. The van der Waals surface area contributed by atoms with E-state index in [4.69, 9.17) is 0 Å². The van der Waals surface area contributed by atoms with E-state index in [0.717, 1.165) is 17.1 Å². The van der Waals surface area contributed by atoms with Crippen molar-refractivity contribution in [1.29, 1.82) is 0 Å². The Kier molecular flexibility index (Phi) is 4.25. The van der Waals surface area contributed by atoms with E-state index in [1.165, 1.54) is 4.88 Å². The van der Waals surface area contributed by atoms with Crippen molar-refractivity contribution in [3.05, 3.63) is 52.0 Å². The molecule has 0 bridgehead atoms. The van der Waals surface area contributed by atoms with Crippen LogP contribution in [0.2, 0.25) is 0 Å². The lowest BCUT2D eigenvalue weighted by Crippen LogP contribution is -2.23. The first kappa shape index (κ1) is 12.2. The molecule has 2 N–H and O–H groups in total. The summed E-state index contributed by atoms with van der Waals surface area (Å²) in [7, 11) is 0. The largest absolute Gasteiger partial charge is 0.394 e. The summed E-state index contributed by atoms with van der Waals surface area (Å²) < 4.78 is 0. The summed E-state index contributed by atoms with van der Waals surface area (Å²) in [5.41, 5.74) is 1.11. The van der Waals surface area contributed by atoms with E-state index in [0.29, 0.717) is 0 Å². The Morgan fingerprint density at radius 3 is 2.71 bits per heavy atom. The van der Waals surface area contributed by atoms with Crippen molar-refractivity contribution in [3.63, 3.8) is 0 Å². The van der Waals surface area contributed by atoms with Crippen LogP contribution in [-0.4, -0.2) is 16.7 Å². The molecular weight excluding hydrogens is 232 g/mol. The predicted molar refractivity (Wildman–Crippen MR) is 70.0 cm³/mol. The van der Waals surface area contributed by atoms with Crippen LogP contribution in [0.25, 0.3) is 0 Å². The highest BCUT2D eigenvalue weighted by Gasteiger charge is 2.09. The van der Waals surface area contributed by atoms with Gasteiger partial charge in [0.25, 0.3) is 0 Å². The summed E-state index contributed by atoms with van der Waals surface area (Å²) in [6.45, 7) is 2.84. The van der Waals surface area contributed by atoms with Crippen LogP contribution in [-0.2, 0) is 6.54 Å². The number of hydrogen-bond donors (Lipinski definition) is 2. The molecule has 0 radical (unpaired) electrons. The highest BCUT2D eigenvalue weighted by molar-refractivity contribution is 7.11. The number of benzene rings is 1. The second-order valence-corrected chi connectivity index (χ2v) is 5.19. The molecule has 0 saturated carbocycles. The second kappa shape index (κ2) is 5.91. The molecule has 4 heteroatoms. The van der Waals surface area contributed by atoms with Crippen molar-refractivity contribution in [1.82, 2.24) is 10.3 Å². The SMILES string of the molecule is Cc1ncc(CN[C@@H](CO)c2ccccc2)s1. The minimum Gasteiger partial charge on any atom is -0.394 e. The Bertz CT molecular complexity index is 455. The van der Waals surface area contributed by atoms with Crippen LogP contribution >= 0.6 is 11.3 Å². The van der Waals surface area contributed by atoms with Crippen LogP contribution in [0.5, 0.6) is 0 Å². The molecule has 0 aliphatic heterocycles. The highest BCUT2D eigenvalue weighted by Crippen LogP contribution is 2.15. The zero-order chi connectivity index (χ0) is 12.1. The number of nitrogens with zero attached hydrogens (tertiary/aromatic N) is 1. The van der Waals surface area contributed by atoms with Crippen LogP contribution in [0.1, 0.15) is 21.5 Å². The number of aromatic nitrogens is 1. The first-order valence-electron chi connectivity index (χ1n) is 5.60. The van der Waals surface area contributed by atoms with Crippen molar-refractivity contribution in [2.24, 2.45) is 0 Å². The Morgan fingerprint density at radius 1 is 1.35 bits per heavy atom. The quantitative estimate of drug-likeness (QED) is 0.853. The number of nitrogens with one attached hydrogen (secondary N) is 1. The van der Waals surface area contributed by atoms with Crippen LogP contribution in [0.4, 0.5) is 0 Å². The zero-order valence-electron chi connectivity index (χ0n) is 9.76. The minimum atomic E-state index is -0.0152. The maximum Gasteiger partial charge on any atom is 0.0897 e. The summed E-state index contributed by atoms with van der Waals surface area (Å²) in [5, 5.41) is 13.8. The fourth-order valence-corrected chi connectivity index (χ4v) is 2.43. The van der Waals surface area contributed by atoms with Gasteiger partial charge in [-0.2, -0.15) is 0 Å². The fourth-order valence-electron chi connectivity index (χ4n) is 1.68. The molecule has 2 aromatic rings. The molecule has 0 saturated heterocycles. The molecule has 1 atom stereocenters. The van der Waals surface area contributed by atoms with Crippen LogP contribution < -0.4 is 5.32 Å². The van der Waals surface area contributed by atoms with Gasteiger partial charge in [-0.25, -0.2) is 4.98 Å². The number of aryl methyl sites for hydroxylation is 1. The maximum atomic E-state index is 9.39. The Balaban J connectivity index is 1.97. The van der Waals surface area contributed by atoms with E-state index in [9.17, 15) is 5.11 Å². The lowest BCUT2D eigenvalue weighted by Gasteiger charge is -2.15. The monoisotopic (exact) mass is 248 g/mol. The molecule has 1 aromatic carbocycles. The standard InChI is InChI=1S/C13H16N2OS/c1-10-14-7-12(17-10)8-15-13(9-16)11-5-3-2-4-6-11/h2-7,13,15-16H,8-9H2,1H3/t13-/m0/s1. The van der Waals surface area contributed by atoms with Gasteiger partial charge < -0.3 is 10.4 Å². The predicted octanol–water partition coefficient (Wildman–Crippen LogP) is 2.27. The molecule has 1 heterocycles. The Morgan fingerprint density at radius 2 is 2.12 bits per heavy atom. The smallest absolute Gasteiger partial charge is 0.0897 e. The van der Waals surface area contributed by atoms with Crippen molar-refractivity contribution in [2.75, 3.05) is 6.61 Å². The van der Waals surface area contributed by atoms with Crippen molar-refractivity contribution in [2.45, 2.75) is 19.5 Å². The molecule has 90 valence electrons. The minimum absolute atomic E-state index is 0.0152. The molecular formula is C13H16N2OS. The molecule has 17 heavy (non-hydrogen) atoms. The van der Waals surface area contributed by atoms with E-state index in [-0.39, 0.29) is 12.6 Å². The maximum absolute atomic E-state index is 9.39. The van der Waals surface area contributed by atoms with E-state index in [2.05, 4.69) is 10.3 Å². The van der Waals surface area contributed by atoms with Gasteiger partial charge in [0, 0.05) is 17.6 Å². The van der Waals surface area contributed by atoms with E-state index >= 15 is 0 Å². The Hall–Kier alpha value is -1.23. The van der Waals surface area contributed by atoms with Crippen molar-refractivity contribution >= 4 is 11.3 Å². The lowest BCUT2D eigenvalue weighted by atomic mass is 10.1. The molecule has 0 aliphatic rings. The van der Waals surface area contributed by atoms with Gasteiger partial charge in [-0.15, -0.1) is 11.3 Å². The average Bonchev–Trinajstić information content (AvgIpc) is 2.77. The average molecular weight is 248 g/mol. The summed E-state index contributed by atoms with van der Waals surface area (Å²) in [5.74, 6) is 0. The topological polar surface area (TPSA) is 45.2 Å². The fraction of sp³-hybridized carbons (Fsp3) is 0.308. The number of aliphatic hydroxyl groups excluding tert-OH is 1. The van der Waals surface area contributed by atoms with Crippen LogP contribution in [0.15, 0.2) is 36.5 Å². The van der Waals surface area contributed by atoms with Gasteiger partial charge in [0.15, 0.2) is 0 Å². The number of thiazole rings is 1. The van der Waals surface area contributed by atoms with Gasteiger partial charge in [-0.05, 0) is 12.5 Å². The van der Waals surface area contributed by atoms with Gasteiger partial charge in [0.1, 0.15) is 0 Å². The first-order valence-corrected chi connectivity index (χ1v) is 6.41. The third kappa shape index (κ3) is 3.36. The highest BCUT2D eigenvalue weighted by atomic mass is 32.1. The molecule has 2 rings (SSSR count). The van der Waals surface area contributed by atoms with Crippen molar-refractivity contribution < 1.29 is 5.11 Å². The lowest BCUT2D eigenvalue weighted by molar-refractivity contribution is 0.244. The zero-order valence-corrected chi connectivity index (χ0v) is 10.6. The van der Waals surface area contributed by atoms with Gasteiger partial charge in [-0.3, -0.25) is 0 Å². The van der Waals surface area contributed by atoms with Gasteiger partial charge in [-0.1, -0.05) is 30.3 Å². The summed E-state index contributed by atoms with van der Waals surface area (Å²) in [6, 6.07) is 9.97. The normalized spacial score (nSPS) is 12.6. The third-order valence-electron chi connectivity index (χ3n) is 2.58. The van der Waals surface area contributed by atoms with E-state index < -0.39 is 0 Å². The van der Waals surface area contributed by atoms with E-state index in [1.807, 2.05) is 43.5 Å². The number of aliphatic hydroxyl groups is 1.